The van der Waals surface area contributed by atoms with Crippen molar-refractivity contribution >= 4 is 12.1 Å². The number of carboxylic acids is 1. The van der Waals surface area contributed by atoms with Crippen molar-refractivity contribution in [3.05, 3.63) is 18.2 Å². The van der Waals surface area contributed by atoms with E-state index in [0.717, 1.165) is 0 Å². The summed E-state index contributed by atoms with van der Waals surface area (Å²) < 4.78 is 6.68. The SMILES string of the molecule is Cn1cncc1C[C@@H](NC(=O)OC(C)(C)C)C(=O)[O-].[Li+]. The van der Waals surface area contributed by atoms with Crippen LogP contribution in [-0.4, -0.2) is 33.3 Å². The summed E-state index contributed by atoms with van der Waals surface area (Å²) in [5.41, 5.74) is -0.0159. The number of ether oxygens (including phenoxy) is 1. The fourth-order valence-corrected chi connectivity index (χ4v) is 1.43. The van der Waals surface area contributed by atoms with Crippen LogP contribution in [0.5, 0.6) is 0 Å². The van der Waals surface area contributed by atoms with E-state index in [0.29, 0.717) is 5.69 Å². The number of aromatic nitrogens is 2. The Balaban J connectivity index is 0.00000361. The van der Waals surface area contributed by atoms with Crippen molar-refractivity contribution in [1.29, 1.82) is 0 Å². The second-order valence-electron chi connectivity index (χ2n) is 5.22. The van der Waals surface area contributed by atoms with Gasteiger partial charge >= 0.3 is 25.0 Å². The van der Waals surface area contributed by atoms with E-state index in [1.807, 2.05) is 0 Å². The van der Waals surface area contributed by atoms with E-state index in [1.165, 1.54) is 6.20 Å². The first-order valence-electron chi connectivity index (χ1n) is 5.84. The summed E-state index contributed by atoms with van der Waals surface area (Å²) in [6.45, 7) is 5.09. The molecule has 0 saturated carbocycles. The van der Waals surface area contributed by atoms with Crippen molar-refractivity contribution in [1.82, 2.24) is 14.9 Å². The molecule has 0 aliphatic rings. The van der Waals surface area contributed by atoms with Crippen LogP contribution >= 0.6 is 0 Å². The van der Waals surface area contributed by atoms with Crippen LogP contribution in [0.15, 0.2) is 12.5 Å². The third-order valence-corrected chi connectivity index (χ3v) is 2.31. The molecular weight excluding hydrogens is 257 g/mol. The molecule has 20 heavy (non-hydrogen) atoms. The summed E-state index contributed by atoms with van der Waals surface area (Å²) in [6.07, 6.45) is 2.38. The number of carbonyl (C=O) groups is 2. The van der Waals surface area contributed by atoms with Gasteiger partial charge in [-0.3, -0.25) is 0 Å². The third kappa shape index (κ3) is 6.13. The average molecular weight is 275 g/mol. The van der Waals surface area contributed by atoms with Gasteiger partial charge in [0.2, 0.25) is 0 Å². The molecule has 106 valence electrons. The zero-order chi connectivity index (χ0) is 14.6. The summed E-state index contributed by atoms with van der Waals surface area (Å²) >= 11 is 0. The van der Waals surface area contributed by atoms with Crippen molar-refractivity contribution < 1.29 is 38.3 Å². The zero-order valence-electron chi connectivity index (χ0n) is 12.5. The number of carbonyl (C=O) groups excluding carboxylic acids is 2. The quantitative estimate of drug-likeness (QED) is 0.578. The fraction of sp³-hybridized carbons (Fsp3) is 0.583. The van der Waals surface area contributed by atoms with E-state index < -0.39 is 23.7 Å². The first kappa shape index (κ1) is 18.5. The molecule has 0 aliphatic carbocycles. The summed E-state index contributed by atoms with van der Waals surface area (Å²) in [5, 5.41) is 13.3. The van der Waals surface area contributed by atoms with Crippen LogP contribution in [0.4, 0.5) is 4.79 Å². The topological polar surface area (TPSA) is 96.3 Å². The predicted molar refractivity (Wildman–Crippen MR) is 65.1 cm³/mol. The Bertz CT molecular complexity index is 468. The molecule has 0 unspecified atom stereocenters. The zero-order valence-corrected chi connectivity index (χ0v) is 12.5. The molecule has 0 bridgehead atoms. The van der Waals surface area contributed by atoms with Gasteiger partial charge in [-0.15, -0.1) is 0 Å². The molecule has 1 atom stereocenters. The number of nitrogens with one attached hydrogen (secondary N) is 1. The number of aryl methyl sites for hydroxylation is 1. The van der Waals surface area contributed by atoms with Gasteiger partial charge in [0, 0.05) is 25.4 Å². The van der Waals surface area contributed by atoms with Gasteiger partial charge in [0.15, 0.2) is 0 Å². The molecular formula is C12H18LiN3O4. The van der Waals surface area contributed by atoms with Crippen LogP contribution in [0.2, 0.25) is 0 Å². The van der Waals surface area contributed by atoms with Crippen LogP contribution in [0.1, 0.15) is 26.5 Å². The minimum Gasteiger partial charge on any atom is -0.548 e. The van der Waals surface area contributed by atoms with Crippen LogP contribution < -0.4 is 29.3 Å². The monoisotopic (exact) mass is 275 g/mol. The normalized spacial score (nSPS) is 12.2. The molecule has 7 nitrogen and oxygen atoms in total. The van der Waals surface area contributed by atoms with Crippen LogP contribution in [-0.2, 0) is 23.0 Å². The van der Waals surface area contributed by atoms with Gasteiger partial charge in [-0.1, -0.05) is 0 Å². The maximum absolute atomic E-state index is 11.5. The number of alkyl carbamates (subject to hydrolysis) is 1. The fourth-order valence-electron chi connectivity index (χ4n) is 1.43. The van der Waals surface area contributed by atoms with E-state index in [2.05, 4.69) is 10.3 Å². The number of aliphatic carboxylic acids is 1. The maximum Gasteiger partial charge on any atom is 1.00 e. The number of imidazole rings is 1. The van der Waals surface area contributed by atoms with Gasteiger partial charge < -0.3 is 24.5 Å². The first-order valence-corrected chi connectivity index (χ1v) is 5.84. The Hall–Kier alpha value is -1.45. The first-order chi connectivity index (χ1) is 8.69. The second kappa shape index (κ2) is 7.36. The molecule has 1 N–H and O–H groups in total. The van der Waals surface area contributed by atoms with Crippen LogP contribution in [0.3, 0.4) is 0 Å². The number of hydrogen-bond donors (Lipinski definition) is 1. The van der Waals surface area contributed by atoms with Crippen molar-refractivity contribution in [2.24, 2.45) is 7.05 Å². The average Bonchev–Trinajstić information content (AvgIpc) is 2.60. The molecule has 0 spiro atoms. The summed E-state index contributed by atoms with van der Waals surface area (Å²) in [7, 11) is 1.74. The van der Waals surface area contributed by atoms with Gasteiger partial charge in [-0.25, -0.2) is 9.78 Å². The maximum atomic E-state index is 11.5. The second-order valence-corrected chi connectivity index (χ2v) is 5.22. The van der Waals surface area contributed by atoms with Crippen molar-refractivity contribution in [3.63, 3.8) is 0 Å². The summed E-state index contributed by atoms with van der Waals surface area (Å²) in [6, 6.07) is -1.16. The van der Waals surface area contributed by atoms with Crippen LogP contribution in [0, 0.1) is 0 Å². The molecule has 1 rings (SSSR count). The Labute approximate surface area is 129 Å². The number of hydrogen-bond acceptors (Lipinski definition) is 5. The van der Waals surface area contributed by atoms with Crippen molar-refractivity contribution in [3.8, 4) is 0 Å². The van der Waals surface area contributed by atoms with Crippen molar-refractivity contribution in [2.75, 3.05) is 0 Å². The smallest absolute Gasteiger partial charge is 0.548 e. The van der Waals surface area contributed by atoms with Gasteiger partial charge in [0.1, 0.15) is 5.60 Å². The number of rotatable bonds is 4. The van der Waals surface area contributed by atoms with Gasteiger partial charge in [-0.05, 0) is 20.8 Å². The van der Waals surface area contributed by atoms with Crippen molar-refractivity contribution in [2.45, 2.75) is 38.8 Å². The minimum atomic E-state index is -1.37. The van der Waals surface area contributed by atoms with Gasteiger partial charge in [-0.2, -0.15) is 0 Å². The van der Waals surface area contributed by atoms with Crippen LogP contribution in [0.25, 0.3) is 0 Å². The minimum absolute atomic E-state index is 0. The Morgan fingerprint density at radius 2 is 2.10 bits per heavy atom. The van der Waals surface area contributed by atoms with E-state index in [1.54, 1.807) is 38.7 Å². The van der Waals surface area contributed by atoms with E-state index in [-0.39, 0.29) is 25.3 Å². The third-order valence-electron chi connectivity index (χ3n) is 2.31. The Morgan fingerprint density at radius 1 is 1.50 bits per heavy atom. The van der Waals surface area contributed by atoms with E-state index >= 15 is 0 Å². The molecule has 1 aromatic heterocycles. The molecule has 0 aromatic carbocycles. The molecule has 1 heterocycles. The molecule has 0 aliphatic heterocycles. The standard InChI is InChI=1S/C12H19N3O4.Li/c1-12(2,3)19-11(18)14-9(10(16)17)5-8-6-13-7-15(8)4;/h6-7,9H,5H2,1-4H3,(H,14,18)(H,16,17);/q;+1/p-1/t9-;/m1./s1. The number of carboxylic acid groups (broad SMARTS) is 1. The number of amides is 1. The molecule has 0 fully saturated rings. The van der Waals surface area contributed by atoms with E-state index in [4.69, 9.17) is 4.74 Å². The Morgan fingerprint density at radius 3 is 2.50 bits per heavy atom. The summed E-state index contributed by atoms with van der Waals surface area (Å²) in [5.74, 6) is -1.37. The molecule has 1 amide bonds. The Kier molecular flexibility index (Phi) is 6.83. The largest absolute Gasteiger partial charge is 1.00 e. The molecule has 0 saturated heterocycles. The van der Waals surface area contributed by atoms with Gasteiger partial charge in [0.05, 0.1) is 18.3 Å². The molecule has 0 radical (unpaired) electrons. The molecule has 8 heteroatoms. The summed E-state index contributed by atoms with van der Waals surface area (Å²) in [4.78, 5) is 26.4. The predicted octanol–water partition coefficient (Wildman–Crippen LogP) is -3.39. The number of nitrogens with zero attached hydrogens (tertiary/aromatic N) is 2. The van der Waals surface area contributed by atoms with Gasteiger partial charge in [0.25, 0.3) is 0 Å². The van der Waals surface area contributed by atoms with E-state index in [9.17, 15) is 14.7 Å². The molecule has 1 aromatic rings.